The van der Waals surface area contributed by atoms with Crippen molar-refractivity contribution in [3.05, 3.63) is 35.4 Å². The van der Waals surface area contributed by atoms with Crippen molar-refractivity contribution in [2.75, 3.05) is 6.61 Å². The summed E-state index contributed by atoms with van der Waals surface area (Å²) < 4.78 is 26.3. The molecular weight excluding hydrogens is 236 g/mol. The smallest absolute Gasteiger partial charge is 0.126 e. The highest BCUT2D eigenvalue weighted by atomic mass is 19.1. The lowest BCUT2D eigenvalue weighted by Crippen LogP contribution is -2.36. The molecule has 18 heavy (non-hydrogen) atoms. The normalized spacial score (nSPS) is 18.8. The van der Waals surface area contributed by atoms with Crippen LogP contribution in [0.4, 0.5) is 8.78 Å². The van der Waals surface area contributed by atoms with E-state index in [0.717, 1.165) is 18.9 Å². The molecule has 0 aromatic heterocycles. The Labute approximate surface area is 106 Å². The van der Waals surface area contributed by atoms with E-state index in [1.165, 1.54) is 31.4 Å². The van der Waals surface area contributed by atoms with Crippen molar-refractivity contribution in [2.45, 2.75) is 44.2 Å². The van der Waals surface area contributed by atoms with E-state index in [2.05, 4.69) is 5.32 Å². The number of hydrogen-bond acceptors (Lipinski definition) is 2. The van der Waals surface area contributed by atoms with Gasteiger partial charge in [0.15, 0.2) is 0 Å². The van der Waals surface area contributed by atoms with Gasteiger partial charge in [-0.25, -0.2) is 8.78 Å². The third kappa shape index (κ3) is 3.50. The summed E-state index contributed by atoms with van der Waals surface area (Å²) >= 11 is 0. The molecule has 1 unspecified atom stereocenters. The summed E-state index contributed by atoms with van der Waals surface area (Å²) in [6, 6.07) is 3.35. The molecule has 0 spiro atoms. The minimum Gasteiger partial charge on any atom is -0.394 e. The van der Waals surface area contributed by atoms with Crippen LogP contribution in [0.15, 0.2) is 18.2 Å². The van der Waals surface area contributed by atoms with Gasteiger partial charge in [-0.05, 0) is 30.5 Å². The molecule has 2 N–H and O–H groups in total. The van der Waals surface area contributed by atoms with Gasteiger partial charge in [-0.3, -0.25) is 0 Å². The Bertz CT molecular complexity index is 371. The number of benzene rings is 1. The summed E-state index contributed by atoms with van der Waals surface area (Å²) in [6.45, 7) is -0.153. The number of rotatable bonds is 4. The van der Waals surface area contributed by atoms with E-state index in [4.69, 9.17) is 0 Å². The van der Waals surface area contributed by atoms with Crippen molar-refractivity contribution >= 4 is 0 Å². The first kappa shape index (κ1) is 13.4. The van der Waals surface area contributed by atoms with E-state index < -0.39 is 17.7 Å². The number of aliphatic hydroxyl groups is 1. The molecule has 1 aromatic rings. The molecule has 0 radical (unpaired) electrons. The van der Waals surface area contributed by atoms with Crippen LogP contribution in [0.3, 0.4) is 0 Å². The van der Waals surface area contributed by atoms with Crippen molar-refractivity contribution in [2.24, 2.45) is 0 Å². The largest absolute Gasteiger partial charge is 0.394 e. The molecule has 1 aliphatic carbocycles. The van der Waals surface area contributed by atoms with E-state index in [1.54, 1.807) is 0 Å². The molecule has 2 nitrogen and oxygen atoms in total. The Kier molecular flexibility index (Phi) is 4.66. The SMILES string of the molecule is OCC(NC1CCCCC1)c1cc(F)cc(F)c1. The summed E-state index contributed by atoms with van der Waals surface area (Å²) in [5.74, 6) is -1.21. The zero-order valence-corrected chi connectivity index (χ0v) is 10.3. The van der Waals surface area contributed by atoms with Gasteiger partial charge in [-0.1, -0.05) is 19.3 Å². The Balaban J connectivity index is 2.06. The predicted molar refractivity (Wildman–Crippen MR) is 66.2 cm³/mol. The van der Waals surface area contributed by atoms with Crippen molar-refractivity contribution in [3.8, 4) is 0 Å². The van der Waals surface area contributed by atoms with Crippen molar-refractivity contribution in [3.63, 3.8) is 0 Å². The van der Waals surface area contributed by atoms with Crippen LogP contribution in [0, 0.1) is 11.6 Å². The Morgan fingerprint density at radius 3 is 2.28 bits per heavy atom. The summed E-state index contributed by atoms with van der Waals surface area (Å²) in [7, 11) is 0. The first-order valence-electron chi connectivity index (χ1n) is 6.52. The number of halogens is 2. The second kappa shape index (κ2) is 6.25. The number of nitrogens with one attached hydrogen (secondary N) is 1. The highest BCUT2D eigenvalue weighted by molar-refractivity contribution is 5.21. The second-order valence-electron chi connectivity index (χ2n) is 4.94. The lowest BCUT2D eigenvalue weighted by Gasteiger charge is -2.27. The quantitative estimate of drug-likeness (QED) is 0.867. The third-order valence-corrected chi connectivity index (χ3v) is 3.51. The van der Waals surface area contributed by atoms with Crippen LogP contribution in [0.2, 0.25) is 0 Å². The molecule has 0 bridgehead atoms. The van der Waals surface area contributed by atoms with Crippen LogP contribution >= 0.6 is 0 Å². The third-order valence-electron chi connectivity index (χ3n) is 3.51. The molecule has 4 heteroatoms. The molecular formula is C14H19F2NO. The van der Waals surface area contributed by atoms with E-state index in [0.29, 0.717) is 11.6 Å². The second-order valence-corrected chi connectivity index (χ2v) is 4.94. The van der Waals surface area contributed by atoms with E-state index in [-0.39, 0.29) is 6.61 Å². The maximum absolute atomic E-state index is 13.2. The van der Waals surface area contributed by atoms with Gasteiger partial charge in [-0.15, -0.1) is 0 Å². The fraction of sp³-hybridized carbons (Fsp3) is 0.571. The topological polar surface area (TPSA) is 32.3 Å². The van der Waals surface area contributed by atoms with Crippen LogP contribution in [0.5, 0.6) is 0 Å². The first-order valence-corrected chi connectivity index (χ1v) is 6.52. The molecule has 1 fully saturated rings. The minimum absolute atomic E-state index is 0.153. The van der Waals surface area contributed by atoms with Gasteiger partial charge < -0.3 is 10.4 Å². The molecule has 1 atom stereocenters. The van der Waals surface area contributed by atoms with Crippen molar-refractivity contribution in [1.82, 2.24) is 5.32 Å². The Morgan fingerprint density at radius 2 is 1.72 bits per heavy atom. The van der Waals surface area contributed by atoms with Gasteiger partial charge in [0.05, 0.1) is 12.6 Å². The molecule has 100 valence electrons. The fourth-order valence-corrected chi connectivity index (χ4v) is 2.58. The zero-order valence-electron chi connectivity index (χ0n) is 10.3. The van der Waals surface area contributed by atoms with Gasteiger partial charge >= 0.3 is 0 Å². The average Bonchev–Trinajstić information content (AvgIpc) is 2.36. The Hall–Kier alpha value is -1.00. The van der Waals surface area contributed by atoms with Gasteiger partial charge in [0.25, 0.3) is 0 Å². The molecule has 0 heterocycles. The summed E-state index contributed by atoms with van der Waals surface area (Å²) in [5.41, 5.74) is 0.473. The standard InChI is InChI=1S/C14H19F2NO/c15-11-6-10(7-12(16)8-11)14(9-18)17-13-4-2-1-3-5-13/h6-8,13-14,17-18H,1-5,9H2. The van der Waals surface area contributed by atoms with Crippen LogP contribution in [-0.2, 0) is 0 Å². The highest BCUT2D eigenvalue weighted by Crippen LogP contribution is 2.22. The lowest BCUT2D eigenvalue weighted by molar-refractivity contribution is 0.220. The van der Waals surface area contributed by atoms with E-state index in [9.17, 15) is 13.9 Å². The lowest BCUT2D eigenvalue weighted by atomic mass is 9.94. The Morgan fingerprint density at radius 1 is 1.11 bits per heavy atom. The minimum atomic E-state index is -0.603. The van der Waals surface area contributed by atoms with E-state index >= 15 is 0 Å². The van der Waals surface area contributed by atoms with Gasteiger partial charge in [0.1, 0.15) is 11.6 Å². The summed E-state index contributed by atoms with van der Waals surface area (Å²) in [4.78, 5) is 0. The molecule has 2 rings (SSSR count). The average molecular weight is 255 g/mol. The van der Waals surface area contributed by atoms with Gasteiger partial charge in [0.2, 0.25) is 0 Å². The molecule has 0 aliphatic heterocycles. The van der Waals surface area contributed by atoms with E-state index in [1.807, 2.05) is 0 Å². The van der Waals surface area contributed by atoms with Crippen LogP contribution in [-0.4, -0.2) is 17.8 Å². The van der Waals surface area contributed by atoms with Gasteiger partial charge in [0, 0.05) is 12.1 Å². The van der Waals surface area contributed by atoms with Crippen molar-refractivity contribution < 1.29 is 13.9 Å². The molecule has 0 saturated heterocycles. The zero-order chi connectivity index (χ0) is 13.0. The molecule has 1 aliphatic rings. The van der Waals surface area contributed by atoms with Gasteiger partial charge in [-0.2, -0.15) is 0 Å². The van der Waals surface area contributed by atoms with Crippen LogP contribution in [0.1, 0.15) is 43.7 Å². The number of aliphatic hydroxyl groups excluding tert-OH is 1. The van der Waals surface area contributed by atoms with Crippen LogP contribution < -0.4 is 5.32 Å². The van der Waals surface area contributed by atoms with Crippen molar-refractivity contribution in [1.29, 1.82) is 0 Å². The molecule has 1 saturated carbocycles. The predicted octanol–water partition coefficient (Wildman–Crippen LogP) is 2.92. The first-order chi connectivity index (χ1) is 8.69. The molecule has 0 amide bonds. The maximum atomic E-state index is 13.2. The summed E-state index contributed by atoms with van der Waals surface area (Å²) in [6.07, 6.45) is 5.72. The monoisotopic (exact) mass is 255 g/mol. The number of hydrogen-bond donors (Lipinski definition) is 2. The summed E-state index contributed by atoms with van der Waals surface area (Å²) in [5, 5.41) is 12.7. The maximum Gasteiger partial charge on any atom is 0.126 e. The molecule has 1 aromatic carbocycles. The fourth-order valence-electron chi connectivity index (χ4n) is 2.58. The van der Waals surface area contributed by atoms with Crippen LogP contribution in [0.25, 0.3) is 0 Å². The highest BCUT2D eigenvalue weighted by Gasteiger charge is 2.19.